The Kier molecular flexibility index (Phi) is 5.14. The second-order valence-electron chi connectivity index (χ2n) is 6.12. The predicted octanol–water partition coefficient (Wildman–Crippen LogP) is 3.77. The fourth-order valence-corrected chi connectivity index (χ4v) is 3.17. The van der Waals surface area contributed by atoms with E-state index in [0.29, 0.717) is 11.3 Å². The summed E-state index contributed by atoms with van der Waals surface area (Å²) in [6.45, 7) is 1.81. The van der Waals surface area contributed by atoms with Gasteiger partial charge in [0.05, 0.1) is 31.0 Å². The predicted molar refractivity (Wildman–Crippen MR) is 96.9 cm³/mol. The molecular weight excluding hydrogens is 354 g/mol. The zero-order valence-corrected chi connectivity index (χ0v) is 15.5. The average Bonchev–Trinajstić information content (AvgIpc) is 2.97. The minimum Gasteiger partial charge on any atom is -0.497 e. The fraction of sp³-hybridized carbons (Fsp3) is 0.250. The number of benzene rings is 2. The van der Waals surface area contributed by atoms with E-state index in [1.165, 1.54) is 17.9 Å². The highest BCUT2D eigenvalue weighted by atomic mass is 19.1. The Balaban J connectivity index is 2.24. The van der Waals surface area contributed by atoms with Gasteiger partial charge in [-0.25, -0.2) is 8.78 Å². The van der Waals surface area contributed by atoms with Crippen LogP contribution in [0, 0.1) is 18.6 Å². The van der Waals surface area contributed by atoms with Gasteiger partial charge in [0.25, 0.3) is 0 Å². The highest BCUT2D eigenvalue weighted by Crippen LogP contribution is 2.40. The molecule has 0 amide bonds. The monoisotopic (exact) mass is 374 g/mol. The molecule has 27 heavy (non-hydrogen) atoms. The Bertz CT molecular complexity index is 965. The standard InChI is InChI=1S/C20H20F2N2O3/c1-11-10-12(26-3)8-9-13(11)19(25)17-18(24(2)23-20(17)27-4)16-14(21)6-5-7-15(16)22/h5-10,19,25H,1-4H3. The van der Waals surface area contributed by atoms with E-state index in [4.69, 9.17) is 9.47 Å². The first-order valence-corrected chi connectivity index (χ1v) is 8.26. The molecule has 0 saturated heterocycles. The van der Waals surface area contributed by atoms with Crippen molar-refractivity contribution >= 4 is 0 Å². The molecule has 142 valence electrons. The second-order valence-corrected chi connectivity index (χ2v) is 6.12. The first-order chi connectivity index (χ1) is 12.9. The van der Waals surface area contributed by atoms with Crippen molar-refractivity contribution in [2.75, 3.05) is 14.2 Å². The molecule has 0 saturated carbocycles. The Morgan fingerprint density at radius 1 is 1.07 bits per heavy atom. The van der Waals surface area contributed by atoms with E-state index in [0.717, 1.165) is 17.7 Å². The third-order valence-electron chi connectivity index (χ3n) is 4.49. The summed E-state index contributed by atoms with van der Waals surface area (Å²) in [5, 5.41) is 15.2. The van der Waals surface area contributed by atoms with Gasteiger partial charge in [0.2, 0.25) is 5.88 Å². The van der Waals surface area contributed by atoms with E-state index in [1.807, 2.05) is 6.92 Å². The molecule has 0 fully saturated rings. The van der Waals surface area contributed by atoms with E-state index < -0.39 is 17.7 Å². The van der Waals surface area contributed by atoms with Crippen LogP contribution in [0.25, 0.3) is 11.3 Å². The number of aryl methyl sites for hydroxylation is 2. The van der Waals surface area contributed by atoms with E-state index in [-0.39, 0.29) is 22.7 Å². The maximum atomic E-state index is 14.4. The summed E-state index contributed by atoms with van der Waals surface area (Å²) in [6.07, 6.45) is -1.20. The Morgan fingerprint density at radius 2 is 1.74 bits per heavy atom. The van der Waals surface area contributed by atoms with Crippen molar-refractivity contribution in [2.45, 2.75) is 13.0 Å². The summed E-state index contributed by atoms with van der Waals surface area (Å²) >= 11 is 0. The molecular formula is C20H20F2N2O3. The van der Waals surface area contributed by atoms with Gasteiger partial charge >= 0.3 is 0 Å². The largest absolute Gasteiger partial charge is 0.497 e. The van der Waals surface area contributed by atoms with E-state index in [1.54, 1.807) is 32.4 Å². The van der Waals surface area contributed by atoms with Gasteiger partial charge in [-0.05, 0) is 42.3 Å². The van der Waals surface area contributed by atoms with Crippen LogP contribution in [-0.4, -0.2) is 29.1 Å². The molecule has 1 aromatic heterocycles. The summed E-state index contributed by atoms with van der Waals surface area (Å²) in [6, 6.07) is 8.78. The van der Waals surface area contributed by atoms with E-state index in [9.17, 15) is 13.9 Å². The van der Waals surface area contributed by atoms with Crippen molar-refractivity contribution in [1.82, 2.24) is 9.78 Å². The lowest BCUT2D eigenvalue weighted by molar-refractivity contribution is 0.214. The molecule has 3 aromatic rings. The van der Waals surface area contributed by atoms with Crippen LogP contribution in [0.3, 0.4) is 0 Å². The molecule has 7 heteroatoms. The third kappa shape index (κ3) is 3.26. The summed E-state index contributed by atoms with van der Waals surface area (Å²) in [5.41, 5.74) is 1.35. The van der Waals surface area contributed by atoms with Gasteiger partial charge in [-0.2, -0.15) is 0 Å². The zero-order chi connectivity index (χ0) is 19.7. The van der Waals surface area contributed by atoms with Crippen LogP contribution in [0.5, 0.6) is 11.6 Å². The first-order valence-electron chi connectivity index (χ1n) is 8.26. The van der Waals surface area contributed by atoms with Crippen LogP contribution in [-0.2, 0) is 7.05 Å². The summed E-state index contributed by atoms with van der Waals surface area (Å²) in [4.78, 5) is 0. The first kappa shape index (κ1) is 18.8. The molecule has 0 aliphatic heterocycles. The van der Waals surface area contributed by atoms with E-state index in [2.05, 4.69) is 5.10 Å². The molecule has 1 atom stereocenters. The quantitative estimate of drug-likeness (QED) is 0.739. The molecule has 0 bridgehead atoms. The number of rotatable bonds is 5. The van der Waals surface area contributed by atoms with Crippen molar-refractivity contribution < 1.29 is 23.4 Å². The number of aliphatic hydroxyl groups is 1. The lowest BCUT2D eigenvalue weighted by atomic mass is 9.94. The SMILES string of the molecule is COc1ccc(C(O)c2c(OC)nn(C)c2-c2c(F)cccc2F)c(C)c1. The van der Waals surface area contributed by atoms with Crippen molar-refractivity contribution in [3.8, 4) is 22.9 Å². The number of ether oxygens (including phenoxy) is 2. The van der Waals surface area contributed by atoms with Crippen molar-refractivity contribution in [3.05, 3.63) is 64.7 Å². The van der Waals surface area contributed by atoms with Crippen molar-refractivity contribution in [2.24, 2.45) is 7.05 Å². The number of methoxy groups -OCH3 is 2. The summed E-state index contributed by atoms with van der Waals surface area (Å²) in [7, 11) is 4.48. The summed E-state index contributed by atoms with van der Waals surface area (Å²) in [5.74, 6) is -0.763. The minimum atomic E-state index is -1.20. The topological polar surface area (TPSA) is 56.5 Å². The zero-order valence-electron chi connectivity index (χ0n) is 15.5. The molecule has 0 radical (unpaired) electrons. The highest BCUT2D eigenvalue weighted by molar-refractivity contribution is 5.69. The van der Waals surface area contributed by atoms with Crippen LogP contribution in [0.2, 0.25) is 0 Å². The van der Waals surface area contributed by atoms with Gasteiger partial charge in [-0.1, -0.05) is 12.1 Å². The number of nitrogens with zero attached hydrogens (tertiary/aromatic N) is 2. The van der Waals surface area contributed by atoms with Gasteiger partial charge in [-0.15, -0.1) is 5.10 Å². The maximum Gasteiger partial charge on any atom is 0.239 e. The van der Waals surface area contributed by atoms with Gasteiger partial charge in [0, 0.05) is 7.05 Å². The Hall–Kier alpha value is -2.93. The smallest absolute Gasteiger partial charge is 0.239 e. The lowest BCUT2D eigenvalue weighted by Gasteiger charge is -2.17. The number of aliphatic hydroxyl groups excluding tert-OH is 1. The molecule has 0 aliphatic rings. The second kappa shape index (κ2) is 7.36. The summed E-state index contributed by atoms with van der Waals surface area (Å²) < 4.78 is 40.6. The number of hydrogen-bond donors (Lipinski definition) is 1. The number of hydrogen-bond acceptors (Lipinski definition) is 4. The van der Waals surface area contributed by atoms with Gasteiger partial charge in [0.15, 0.2) is 0 Å². The van der Waals surface area contributed by atoms with Crippen molar-refractivity contribution in [1.29, 1.82) is 0 Å². The third-order valence-corrected chi connectivity index (χ3v) is 4.49. The highest BCUT2D eigenvalue weighted by Gasteiger charge is 2.30. The molecule has 1 heterocycles. The van der Waals surface area contributed by atoms with Gasteiger partial charge in [-0.3, -0.25) is 4.68 Å². The van der Waals surface area contributed by atoms with Crippen LogP contribution in [0.4, 0.5) is 8.78 Å². The Labute approximate surface area is 155 Å². The van der Waals surface area contributed by atoms with Crippen LogP contribution < -0.4 is 9.47 Å². The normalized spacial score (nSPS) is 12.1. The average molecular weight is 374 g/mol. The van der Waals surface area contributed by atoms with Crippen LogP contribution in [0.1, 0.15) is 22.8 Å². The molecule has 0 aliphatic carbocycles. The van der Waals surface area contributed by atoms with Crippen LogP contribution >= 0.6 is 0 Å². The number of aromatic nitrogens is 2. The van der Waals surface area contributed by atoms with Crippen molar-refractivity contribution in [3.63, 3.8) is 0 Å². The molecule has 1 unspecified atom stereocenters. The molecule has 1 N–H and O–H groups in total. The Morgan fingerprint density at radius 3 is 2.30 bits per heavy atom. The number of halogens is 2. The van der Waals surface area contributed by atoms with Gasteiger partial charge in [0.1, 0.15) is 23.5 Å². The molecule has 2 aromatic carbocycles. The molecule has 3 rings (SSSR count). The molecule has 0 spiro atoms. The maximum absolute atomic E-state index is 14.4. The van der Waals surface area contributed by atoms with Crippen LogP contribution in [0.15, 0.2) is 36.4 Å². The minimum absolute atomic E-state index is 0.0953. The van der Waals surface area contributed by atoms with Gasteiger partial charge < -0.3 is 14.6 Å². The molecule has 5 nitrogen and oxygen atoms in total. The van der Waals surface area contributed by atoms with E-state index >= 15 is 0 Å². The fourth-order valence-electron chi connectivity index (χ4n) is 3.17. The lowest BCUT2D eigenvalue weighted by Crippen LogP contribution is -2.07.